The lowest BCUT2D eigenvalue weighted by atomic mass is 9.95. The summed E-state index contributed by atoms with van der Waals surface area (Å²) in [6, 6.07) is 9.37. The maximum atomic E-state index is 12.0. The van der Waals surface area contributed by atoms with Crippen LogP contribution in [0.4, 0.5) is 4.79 Å². The highest BCUT2D eigenvalue weighted by Gasteiger charge is 2.64. The van der Waals surface area contributed by atoms with Gasteiger partial charge in [0.05, 0.1) is 5.39 Å². The average Bonchev–Trinajstić information content (AvgIpc) is 3.43. The van der Waals surface area contributed by atoms with E-state index in [4.69, 9.17) is 35.3 Å². The van der Waals surface area contributed by atoms with Crippen LogP contribution in [-0.2, 0) is 25.5 Å². The quantitative estimate of drug-likeness (QED) is 0.432. The summed E-state index contributed by atoms with van der Waals surface area (Å²) >= 11 is 6.28. The van der Waals surface area contributed by atoms with Gasteiger partial charge in [-0.3, -0.25) is 0 Å². The number of amides is 1. The second-order valence-electron chi connectivity index (χ2n) is 11.2. The summed E-state index contributed by atoms with van der Waals surface area (Å²) < 4.78 is 32.6. The van der Waals surface area contributed by atoms with Crippen molar-refractivity contribution in [3.8, 4) is 5.75 Å². The Bertz CT molecular complexity index is 1340. The number of halogens is 1. The first-order valence-corrected chi connectivity index (χ1v) is 12.9. The Balaban J connectivity index is 1.31. The minimum atomic E-state index is -0.803. The first-order valence-electron chi connectivity index (χ1n) is 12.5. The minimum Gasteiger partial charge on any atom is -0.491 e. The van der Waals surface area contributed by atoms with Gasteiger partial charge in [0.25, 0.3) is 0 Å². The minimum absolute atomic E-state index is 0.223. The van der Waals surface area contributed by atoms with Crippen LogP contribution in [0.1, 0.15) is 53.3 Å². The predicted octanol–water partition coefficient (Wildman–Crippen LogP) is 5.00. The van der Waals surface area contributed by atoms with Crippen LogP contribution in [0.5, 0.6) is 5.75 Å². The smallest absolute Gasteiger partial charge is 0.407 e. The Morgan fingerprint density at radius 3 is 2.76 bits per heavy atom. The Labute approximate surface area is 226 Å². The predicted molar refractivity (Wildman–Crippen MR) is 140 cm³/mol. The van der Waals surface area contributed by atoms with Crippen LogP contribution in [0.25, 0.3) is 11.0 Å². The molecule has 3 aromatic rings. The number of aromatic nitrogens is 3. The molecule has 0 bridgehead atoms. The van der Waals surface area contributed by atoms with Gasteiger partial charge in [0, 0.05) is 12.7 Å². The van der Waals surface area contributed by atoms with E-state index in [1.807, 2.05) is 82.6 Å². The topological polar surface area (TPSA) is 106 Å². The van der Waals surface area contributed by atoms with Crippen LogP contribution in [0.3, 0.4) is 0 Å². The molecule has 4 heterocycles. The molecule has 0 aliphatic carbocycles. The molecule has 1 N–H and O–H groups in total. The zero-order valence-corrected chi connectivity index (χ0v) is 23.1. The number of carbonyl (C=O) groups is 1. The summed E-state index contributed by atoms with van der Waals surface area (Å²) in [6.45, 7) is 11.8. The van der Waals surface area contributed by atoms with Gasteiger partial charge >= 0.3 is 6.09 Å². The first kappa shape index (κ1) is 26.7. The summed E-state index contributed by atoms with van der Waals surface area (Å²) in [4.78, 5) is 20.5. The van der Waals surface area contributed by atoms with E-state index < -0.39 is 41.5 Å². The molecule has 2 saturated heterocycles. The Kier molecular flexibility index (Phi) is 6.79. The van der Waals surface area contributed by atoms with Crippen molar-refractivity contribution in [1.29, 1.82) is 0 Å². The summed E-state index contributed by atoms with van der Waals surface area (Å²) in [7, 11) is 0. The molecule has 38 heavy (non-hydrogen) atoms. The zero-order valence-electron chi connectivity index (χ0n) is 22.4. The first-order chi connectivity index (χ1) is 17.8. The van der Waals surface area contributed by atoms with E-state index in [1.54, 1.807) is 0 Å². The number of rotatable bonds is 6. The molecule has 2 aliphatic rings. The molecule has 5 rings (SSSR count). The molecule has 2 aromatic heterocycles. The maximum Gasteiger partial charge on any atom is 0.407 e. The van der Waals surface area contributed by atoms with Crippen LogP contribution in [-0.4, -0.2) is 56.4 Å². The van der Waals surface area contributed by atoms with Crippen molar-refractivity contribution in [3.05, 3.63) is 53.6 Å². The number of nitrogens with one attached hydrogen (secondary N) is 1. The molecule has 0 radical (unpaired) electrons. The largest absolute Gasteiger partial charge is 0.491 e. The van der Waals surface area contributed by atoms with Crippen molar-refractivity contribution in [2.24, 2.45) is 0 Å². The molecule has 10 nitrogen and oxygen atoms in total. The van der Waals surface area contributed by atoms with Gasteiger partial charge in [0.15, 0.2) is 12.0 Å². The molecule has 204 valence electrons. The third-order valence-electron chi connectivity index (χ3n) is 6.51. The van der Waals surface area contributed by atoms with Crippen molar-refractivity contribution >= 4 is 28.7 Å². The molecule has 1 amide bonds. The molecular formula is C27H33ClN4O6. The lowest BCUT2D eigenvalue weighted by Gasteiger charge is -2.29. The molecule has 0 saturated carbocycles. The number of ether oxygens (including phenoxy) is 5. The average molecular weight is 545 g/mol. The molecule has 1 aromatic carbocycles. The number of hydrogen-bond acceptors (Lipinski definition) is 8. The Morgan fingerprint density at radius 1 is 1.21 bits per heavy atom. The SMILES string of the molecule is CC(C)(C)OC(=O)NCc1cccc(OC[C@H]2O[C@@H](n3ccc4c(Cl)ncnc43)[C@@H]3OC(C)(C)O[C@]23C)c1. The van der Waals surface area contributed by atoms with Crippen molar-refractivity contribution in [2.75, 3.05) is 6.61 Å². The fourth-order valence-electron chi connectivity index (χ4n) is 4.97. The van der Waals surface area contributed by atoms with Crippen LogP contribution in [0.2, 0.25) is 5.15 Å². The second kappa shape index (κ2) is 9.68. The third kappa shape index (κ3) is 5.31. The third-order valence-corrected chi connectivity index (χ3v) is 6.81. The second-order valence-corrected chi connectivity index (χ2v) is 11.5. The number of alkyl carbamates (subject to hydrolysis) is 1. The van der Waals surface area contributed by atoms with Gasteiger partial charge in [-0.05, 0) is 65.3 Å². The van der Waals surface area contributed by atoms with Crippen molar-refractivity contribution in [3.63, 3.8) is 0 Å². The van der Waals surface area contributed by atoms with Gasteiger partial charge in [0.2, 0.25) is 0 Å². The van der Waals surface area contributed by atoms with E-state index in [0.29, 0.717) is 23.1 Å². The van der Waals surface area contributed by atoms with Gasteiger partial charge in [0.1, 0.15) is 52.9 Å². The van der Waals surface area contributed by atoms with E-state index >= 15 is 0 Å². The highest BCUT2D eigenvalue weighted by molar-refractivity contribution is 6.33. The normalized spacial score (nSPS) is 26.3. The summed E-state index contributed by atoms with van der Waals surface area (Å²) in [5.74, 6) is -0.160. The van der Waals surface area contributed by atoms with Crippen molar-refractivity contribution in [1.82, 2.24) is 19.9 Å². The fraction of sp³-hybridized carbons (Fsp3) is 0.519. The standard InChI is InChI=1S/C27H33ClN4O6/c1-25(2,3)37-24(33)29-13-16-8-7-9-17(12-16)34-14-19-27(6)20(36-26(4,5)38-27)23(35-19)32-11-10-18-21(28)30-15-31-22(18)32/h7-12,15,19-20,23H,13-14H2,1-6H3,(H,29,33)/t19-,20+,23-,27-/m1/s1. The molecule has 11 heteroatoms. The molecule has 0 spiro atoms. The zero-order chi connectivity index (χ0) is 27.3. The maximum absolute atomic E-state index is 12.0. The summed E-state index contributed by atoms with van der Waals surface area (Å²) in [6.07, 6.45) is 1.45. The van der Waals surface area contributed by atoms with Crippen LogP contribution >= 0.6 is 11.6 Å². The number of fused-ring (bicyclic) bond motifs is 2. The van der Waals surface area contributed by atoms with Gasteiger partial charge in [-0.2, -0.15) is 0 Å². The molecular weight excluding hydrogens is 512 g/mol. The summed E-state index contributed by atoms with van der Waals surface area (Å²) in [5.41, 5.74) is 0.184. The number of hydrogen-bond donors (Lipinski definition) is 1. The highest BCUT2D eigenvalue weighted by atomic mass is 35.5. The molecule has 4 atom stereocenters. The molecule has 2 fully saturated rings. The summed E-state index contributed by atoms with van der Waals surface area (Å²) in [5, 5.41) is 3.87. The Morgan fingerprint density at radius 2 is 2.00 bits per heavy atom. The van der Waals surface area contributed by atoms with Gasteiger partial charge in [-0.25, -0.2) is 14.8 Å². The number of nitrogens with zero attached hydrogens (tertiary/aromatic N) is 3. The van der Waals surface area contributed by atoms with Crippen LogP contribution < -0.4 is 10.1 Å². The van der Waals surface area contributed by atoms with Crippen molar-refractivity contribution in [2.45, 2.75) is 83.5 Å². The van der Waals surface area contributed by atoms with E-state index in [2.05, 4.69) is 15.3 Å². The molecule has 0 unspecified atom stereocenters. The fourth-order valence-corrected chi connectivity index (χ4v) is 5.16. The monoisotopic (exact) mass is 544 g/mol. The lowest BCUT2D eigenvalue weighted by molar-refractivity contribution is -0.213. The Hall–Kier alpha value is -2.92. The van der Waals surface area contributed by atoms with E-state index in [9.17, 15) is 4.79 Å². The lowest BCUT2D eigenvalue weighted by Crippen LogP contribution is -2.46. The number of benzene rings is 1. The highest BCUT2D eigenvalue weighted by Crippen LogP contribution is 2.50. The van der Waals surface area contributed by atoms with Gasteiger partial charge < -0.3 is 33.6 Å². The van der Waals surface area contributed by atoms with Gasteiger partial charge in [-0.1, -0.05) is 23.7 Å². The van der Waals surface area contributed by atoms with Crippen molar-refractivity contribution < 1.29 is 28.5 Å². The number of carbonyl (C=O) groups excluding carboxylic acids is 1. The van der Waals surface area contributed by atoms with E-state index in [1.165, 1.54) is 6.33 Å². The van der Waals surface area contributed by atoms with E-state index in [-0.39, 0.29) is 6.61 Å². The van der Waals surface area contributed by atoms with Crippen LogP contribution in [0, 0.1) is 0 Å². The van der Waals surface area contributed by atoms with E-state index in [0.717, 1.165) is 10.9 Å². The van der Waals surface area contributed by atoms with Gasteiger partial charge in [-0.15, -0.1) is 0 Å². The van der Waals surface area contributed by atoms with Crippen LogP contribution in [0.15, 0.2) is 42.9 Å². The molecule has 2 aliphatic heterocycles.